The van der Waals surface area contributed by atoms with Crippen LogP contribution in [-0.4, -0.2) is 38.7 Å². The number of hydrogen-bond donors (Lipinski definition) is 3. The van der Waals surface area contributed by atoms with Gasteiger partial charge in [0.05, 0.1) is 0 Å². The van der Waals surface area contributed by atoms with Gasteiger partial charge in [0.2, 0.25) is 5.91 Å². The van der Waals surface area contributed by atoms with E-state index in [4.69, 9.17) is 4.74 Å². The highest BCUT2D eigenvalue weighted by Gasteiger charge is 2.21. The van der Waals surface area contributed by atoms with Gasteiger partial charge in [-0.2, -0.15) is 0 Å². The second-order valence-electron chi connectivity index (χ2n) is 8.25. The fourth-order valence-electron chi connectivity index (χ4n) is 3.69. The number of amides is 1. The van der Waals surface area contributed by atoms with Crippen LogP contribution in [0.25, 0.3) is 0 Å². The first-order chi connectivity index (χ1) is 14.2. The fourth-order valence-corrected chi connectivity index (χ4v) is 3.69. The lowest BCUT2D eigenvalue weighted by Gasteiger charge is -2.21. The molecule has 0 heterocycles. The molecule has 0 spiro atoms. The molecule has 0 radical (unpaired) electrons. The van der Waals surface area contributed by atoms with Crippen molar-refractivity contribution in [2.75, 3.05) is 32.1 Å². The first kappa shape index (κ1) is 24.9. The Morgan fingerprint density at radius 1 is 1.13 bits per heavy atom. The molecule has 0 aliphatic heterocycles. The van der Waals surface area contributed by atoms with Crippen LogP contribution in [0, 0.1) is 11.8 Å². The number of carbonyl (C=O) groups excluding carboxylic acids is 1. The molecule has 3 N–H and O–H groups in total. The monoisotopic (exact) mass is 528 g/mol. The predicted octanol–water partition coefficient (Wildman–Crippen LogP) is 4.31. The predicted molar refractivity (Wildman–Crippen MR) is 133 cm³/mol. The van der Waals surface area contributed by atoms with Crippen molar-refractivity contribution in [2.45, 2.75) is 57.9 Å². The van der Waals surface area contributed by atoms with Gasteiger partial charge in [-0.15, -0.1) is 24.0 Å². The van der Waals surface area contributed by atoms with Crippen LogP contribution in [0.15, 0.2) is 29.3 Å². The lowest BCUT2D eigenvalue weighted by atomic mass is 9.88. The lowest BCUT2D eigenvalue weighted by Crippen LogP contribution is -2.37. The number of nitrogens with one attached hydrogen (secondary N) is 3. The van der Waals surface area contributed by atoms with Crippen LogP contribution in [0.5, 0.6) is 0 Å². The summed E-state index contributed by atoms with van der Waals surface area (Å²) in [5.41, 5.74) is 1.98. The molecular formula is C23H37IN4O2. The zero-order valence-corrected chi connectivity index (χ0v) is 20.5. The van der Waals surface area contributed by atoms with E-state index in [2.05, 4.69) is 27.0 Å². The number of ether oxygens (including phenoxy) is 1. The number of anilines is 1. The molecule has 0 aromatic heterocycles. The van der Waals surface area contributed by atoms with E-state index in [0.717, 1.165) is 62.1 Å². The molecule has 168 valence electrons. The summed E-state index contributed by atoms with van der Waals surface area (Å²) >= 11 is 0. The van der Waals surface area contributed by atoms with E-state index in [1.165, 1.54) is 32.1 Å². The molecule has 2 saturated carbocycles. The number of rotatable bonds is 10. The van der Waals surface area contributed by atoms with E-state index in [9.17, 15) is 4.79 Å². The number of guanidine groups is 1. The second kappa shape index (κ2) is 13.9. The maximum Gasteiger partial charge on any atom is 0.227 e. The molecule has 1 amide bonds. The molecule has 2 aliphatic carbocycles. The number of benzene rings is 1. The Kier molecular flexibility index (Phi) is 11.5. The summed E-state index contributed by atoms with van der Waals surface area (Å²) in [6.07, 6.45) is 9.26. The standard InChI is InChI=1S/C23H36N4O2.HI/c1-24-23(25-13-6-14-29-17-18-11-12-18)26-16-19-7-5-10-21(15-19)27-22(28)20-8-3-2-4-9-20;/h5,7,10,15,18,20H,2-4,6,8-9,11-14,16-17H2,1H3,(H,27,28)(H2,24,25,26);1H. The van der Waals surface area contributed by atoms with Gasteiger partial charge in [-0.3, -0.25) is 9.79 Å². The highest BCUT2D eigenvalue weighted by Crippen LogP contribution is 2.28. The smallest absolute Gasteiger partial charge is 0.227 e. The highest BCUT2D eigenvalue weighted by atomic mass is 127. The maximum atomic E-state index is 12.5. The van der Waals surface area contributed by atoms with Gasteiger partial charge >= 0.3 is 0 Å². The normalized spacial score (nSPS) is 17.2. The molecule has 30 heavy (non-hydrogen) atoms. The van der Waals surface area contributed by atoms with Crippen LogP contribution in [0.4, 0.5) is 5.69 Å². The van der Waals surface area contributed by atoms with Crippen molar-refractivity contribution in [3.05, 3.63) is 29.8 Å². The van der Waals surface area contributed by atoms with E-state index >= 15 is 0 Å². The lowest BCUT2D eigenvalue weighted by molar-refractivity contribution is -0.120. The zero-order valence-electron chi connectivity index (χ0n) is 18.1. The molecule has 1 aromatic rings. The van der Waals surface area contributed by atoms with Crippen LogP contribution in [0.2, 0.25) is 0 Å². The maximum absolute atomic E-state index is 12.5. The van der Waals surface area contributed by atoms with Gasteiger partial charge in [0.15, 0.2) is 5.96 Å². The molecule has 2 fully saturated rings. The molecule has 3 rings (SSSR count). The Morgan fingerprint density at radius 2 is 1.93 bits per heavy atom. The van der Waals surface area contributed by atoms with E-state index in [1.807, 2.05) is 18.2 Å². The third-order valence-electron chi connectivity index (χ3n) is 5.66. The number of aliphatic imine (C=N–C) groups is 1. The number of nitrogens with zero attached hydrogens (tertiary/aromatic N) is 1. The van der Waals surface area contributed by atoms with Gasteiger partial charge in [0, 0.05) is 45.0 Å². The van der Waals surface area contributed by atoms with E-state index < -0.39 is 0 Å². The Hall–Kier alpha value is -1.35. The van der Waals surface area contributed by atoms with Gasteiger partial charge in [-0.05, 0) is 55.7 Å². The Bertz CT molecular complexity index is 673. The number of carbonyl (C=O) groups is 1. The minimum absolute atomic E-state index is 0. The summed E-state index contributed by atoms with van der Waals surface area (Å²) in [6.45, 7) is 3.21. The van der Waals surface area contributed by atoms with E-state index in [-0.39, 0.29) is 35.8 Å². The van der Waals surface area contributed by atoms with Gasteiger partial charge in [0.1, 0.15) is 0 Å². The average molecular weight is 528 g/mol. The SMILES string of the molecule is CN=C(NCCCOCC1CC1)NCc1cccc(NC(=O)C2CCCCC2)c1.I. The van der Waals surface area contributed by atoms with Gasteiger partial charge in [-0.1, -0.05) is 31.4 Å². The Labute approximate surface area is 198 Å². The molecule has 0 bridgehead atoms. The summed E-state index contributed by atoms with van der Waals surface area (Å²) in [5, 5.41) is 9.75. The molecule has 0 unspecified atom stereocenters. The van der Waals surface area contributed by atoms with Crippen molar-refractivity contribution in [1.29, 1.82) is 0 Å². The minimum atomic E-state index is 0. The van der Waals surface area contributed by atoms with Crippen LogP contribution in [0.1, 0.15) is 56.9 Å². The Balaban J connectivity index is 0.00000320. The van der Waals surface area contributed by atoms with Gasteiger partial charge < -0.3 is 20.7 Å². The number of hydrogen-bond acceptors (Lipinski definition) is 3. The number of halogens is 1. The van der Waals surface area contributed by atoms with Crippen molar-refractivity contribution < 1.29 is 9.53 Å². The third kappa shape index (κ3) is 9.20. The molecule has 6 nitrogen and oxygen atoms in total. The highest BCUT2D eigenvalue weighted by molar-refractivity contribution is 14.0. The van der Waals surface area contributed by atoms with E-state index in [0.29, 0.717) is 6.54 Å². The van der Waals surface area contributed by atoms with Crippen LogP contribution in [-0.2, 0) is 16.1 Å². The second-order valence-corrected chi connectivity index (χ2v) is 8.25. The summed E-state index contributed by atoms with van der Waals surface area (Å²) in [5.74, 6) is 1.93. The van der Waals surface area contributed by atoms with Crippen LogP contribution in [0.3, 0.4) is 0 Å². The summed E-state index contributed by atoms with van der Waals surface area (Å²) in [4.78, 5) is 16.7. The minimum Gasteiger partial charge on any atom is -0.381 e. The Morgan fingerprint density at radius 3 is 2.67 bits per heavy atom. The van der Waals surface area contributed by atoms with Crippen molar-refractivity contribution >= 4 is 41.5 Å². The molecule has 1 aromatic carbocycles. The molecule has 2 aliphatic rings. The van der Waals surface area contributed by atoms with Crippen LogP contribution >= 0.6 is 24.0 Å². The molecule has 0 saturated heterocycles. The summed E-state index contributed by atoms with van der Waals surface area (Å²) in [7, 11) is 1.78. The zero-order chi connectivity index (χ0) is 20.3. The molecule has 7 heteroatoms. The third-order valence-corrected chi connectivity index (χ3v) is 5.66. The first-order valence-corrected chi connectivity index (χ1v) is 11.2. The summed E-state index contributed by atoms with van der Waals surface area (Å²) in [6, 6.07) is 8.04. The van der Waals surface area contributed by atoms with Gasteiger partial charge in [0.25, 0.3) is 0 Å². The average Bonchev–Trinajstić information content (AvgIpc) is 3.58. The van der Waals surface area contributed by atoms with Crippen LogP contribution < -0.4 is 16.0 Å². The quantitative estimate of drug-likeness (QED) is 0.183. The van der Waals surface area contributed by atoms with Crippen molar-refractivity contribution in [3.8, 4) is 0 Å². The summed E-state index contributed by atoms with van der Waals surface area (Å²) < 4.78 is 5.66. The largest absolute Gasteiger partial charge is 0.381 e. The topological polar surface area (TPSA) is 74.8 Å². The van der Waals surface area contributed by atoms with Crippen molar-refractivity contribution in [3.63, 3.8) is 0 Å². The van der Waals surface area contributed by atoms with Gasteiger partial charge in [-0.25, -0.2) is 0 Å². The van der Waals surface area contributed by atoms with E-state index in [1.54, 1.807) is 7.05 Å². The first-order valence-electron chi connectivity index (χ1n) is 11.2. The molecule has 0 atom stereocenters. The van der Waals surface area contributed by atoms with Crippen molar-refractivity contribution in [1.82, 2.24) is 10.6 Å². The molecular weight excluding hydrogens is 491 g/mol. The van der Waals surface area contributed by atoms with Crippen molar-refractivity contribution in [2.24, 2.45) is 16.8 Å². The fraction of sp³-hybridized carbons (Fsp3) is 0.652.